The Labute approximate surface area is 96.9 Å². The molecule has 1 saturated heterocycles. The first-order valence-electron chi connectivity index (χ1n) is 6.23. The van der Waals surface area contributed by atoms with E-state index in [1.807, 2.05) is 0 Å². The van der Waals surface area contributed by atoms with Gasteiger partial charge >= 0.3 is 0 Å². The Kier molecular flexibility index (Phi) is 3.50. The summed E-state index contributed by atoms with van der Waals surface area (Å²) in [6.45, 7) is 3.58. The second kappa shape index (κ2) is 4.72. The zero-order valence-corrected chi connectivity index (χ0v) is 10.00. The number of amides is 1. The van der Waals surface area contributed by atoms with Crippen LogP contribution in [0.4, 0.5) is 0 Å². The van der Waals surface area contributed by atoms with Gasteiger partial charge < -0.3 is 15.8 Å². The van der Waals surface area contributed by atoms with E-state index >= 15 is 0 Å². The Morgan fingerprint density at radius 3 is 2.69 bits per heavy atom. The minimum atomic E-state index is -0.0847. The van der Waals surface area contributed by atoms with Crippen molar-refractivity contribution in [2.75, 3.05) is 13.2 Å². The van der Waals surface area contributed by atoms with Crippen molar-refractivity contribution in [3.8, 4) is 0 Å². The molecule has 1 saturated carbocycles. The standard InChI is InChI=1S/C12H22N2O2/c1-12(4-6-16-7-5-12)14-11(15)8-10(13)9-2-3-9/h9-10H,2-8,13H2,1H3,(H,14,15). The van der Waals surface area contributed by atoms with E-state index in [-0.39, 0.29) is 17.5 Å². The smallest absolute Gasteiger partial charge is 0.221 e. The molecule has 2 fully saturated rings. The first-order valence-corrected chi connectivity index (χ1v) is 6.23. The number of hydrogen-bond donors (Lipinski definition) is 2. The van der Waals surface area contributed by atoms with Gasteiger partial charge in [0.15, 0.2) is 0 Å². The number of nitrogens with one attached hydrogen (secondary N) is 1. The van der Waals surface area contributed by atoms with Gasteiger partial charge in [0.25, 0.3) is 0 Å². The molecular weight excluding hydrogens is 204 g/mol. The Hall–Kier alpha value is -0.610. The molecule has 2 rings (SSSR count). The van der Waals surface area contributed by atoms with Gasteiger partial charge in [0.1, 0.15) is 0 Å². The van der Waals surface area contributed by atoms with Crippen LogP contribution in [-0.4, -0.2) is 30.7 Å². The summed E-state index contributed by atoms with van der Waals surface area (Å²) in [5.41, 5.74) is 5.86. The molecule has 1 aliphatic carbocycles. The lowest BCUT2D eigenvalue weighted by Gasteiger charge is -2.34. The molecule has 4 heteroatoms. The van der Waals surface area contributed by atoms with Crippen molar-refractivity contribution in [3.05, 3.63) is 0 Å². The van der Waals surface area contributed by atoms with Gasteiger partial charge in [-0.2, -0.15) is 0 Å². The van der Waals surface area contributed by atoms with Crippen LogP contribution >= 0.6 is 0 Å². The molecule has 0 aromatic heterocycles. The normalized spacial score (nSPS) is 26.1. The number of ether oxygens (including phenoxy) is 1. The van der Waals surface area contributed by atoms with Crippen LogP contribution in [0.2, 0.25) is 0 Å². The highest BCUT2D eigenvalue weighted by Gasteiger charge is 2.33. The maximum Gasteiger partial charge on any atom is 0.221 e. The molecule has 0 spiro atoms. The lowest BCUT2D eigenvalue weighted by atomic mass is 9.92. The fourth-order valence-electron chi connectivity index (χ4n) is 2.24. The zero-order valence-electron chi connectivity index (χ0n) is 10.00. The molecule has 92 valence electrons. The maximum atomic E-state index is 11.8. The summed E-state index contributed by atoms with van der Waals surface area (Å²) in [5.74, 6) is 0.692. The summed E-state index contributed by atoms with van der Waals surface area (Å²) < 4.78 is 5.30. The predicted octanol–water partition coefficient (Wildman–Crippen LogP) is 0.799. The van der Waals surface area contributed by atoms with E-state index in [1.165, 1.54) is 12.8 Å². The Balaban J connectivity index is 1.76. The zero-order chi connectivity index (χ0) is 11.6. The van der Waals surface area contributed by atoms with E-state index in [1.54, 1.807) is 0 Å². The minimum Gasteiger partial charge on any atom is -0.381 e. The summed E-state index contributed by atoms with van der Waals surface area (Å²) in [4.78, 5) is 11.8. The van der Waals surface area contributed by atoms with Gasteiger partial charge in [0.05, 0.1) is 0 Å². The number of rotatable bonds is 4. The molecule has 2 aliphatic rings. The van der Waals surface area contributed by atoms with E-state index in [2.05, 4.69) is 12.2 Å². The summed E-state index contributed by atoms with van der Waals surface area (Å²) >= 11 is 0. The van der Waals surface area contributed by atoms with Crippen LogP contribution in [0.1, 0.15) is 39.0 Å². The van der Waals surface area contributed by atoms with Crippen LogP contribution in [0.25, 0.3) is 0 Å². The molecule has 1 unspecified atom stereocenters. The van der Waals surface area contributed by atoms with Gasteiger partial charge in [0, 0.05) is 31.2 Å². The molecular formula is C12H22N2O2. The van der Waals surface area contributed by atoms with Crippen LogP contribution in [0.15, 0.2) is 0 Å². The van der Waals surface area contributed by atoms with Crippen LogP contribution < -0.4 is 11.1 Å². The Morgan fingerprint density at radius 1 is 1.50 bits per heavy atom. The second-order valence-corrected chi connectivity index (χ2v) is 5.43. The lowest BCUT2D eigenvalue weighted by molar-refractivity contribution is -0.124. The Bertz CT molecular complexity index is 258. The van der Waals surface area contributed by atoms with Crippen molar-refractivity contribution in [3.63, 3.8) is 0 Å². The first kappa shape index (κ1) is 11.9. The largest absolute Gasteiger partial charge is 0.381 e. The minimum absolute atomic E-state index is 0.0587. The molecule has 3 N–H and O–H groups in total. The molecule has 0 aromatic rings. The molecule has 16 heavy (non-hydrogen) atoms. The van der Waals surface area contributed by atoms with E-state index in [0.29, 0.717) is 12.3 Å². The number of carbonyl (C=O) groups excluding carboxylic acids is 1. The van der Waals surface area contributed by atoms with Crippen molar-refractivity contribution in [2.45, 2.75) is 50.6 Å². The molecule has 0 aromatic carbocycles. The summed E-state index contributed by atoms with van der Waals surface area (Å²) in [5, 5.41) is 3.11. The fourth-order valence-corrected chi connectivity index (χ4v) is 2.24. The number of nitrogens with two attached hydrogens (primary N) is 1. The third kappa shape index (κ3) is 3.19. The lowest BCUT2D eigenvalue weighted by Crippen LogP contribution is -2.50. The van der Waals surface area contributed by atoms with Crippen LogP contribution in [-0.2, 0) is 9.53 Å². The van der Waals surface area contributed by atoms with Crippen LogP contribution in [0.5, 0.6) is 0 Å². The molecule has 0 bridgehead atoms. The predicted molar refractivity (Wildman–Crippen MR) is 61.9 cm³/mol. The van der Waals surface area contributed by atoms with Crippen molar-refractivity contribution >= 4 is 5.91 Å². The van der Waals surface area contributed by atoms with Crippen molar-refractivity contribution in [1.82, 2.24) is 5.32 Å². The van der Waals surface area contributed by atoms with Gasteiger partial charge in [0.2, 0.25) is 5.91 Å². The average molecular weight is 226 g/mol. The van der Waals surface area contributed by atoms with E-state index in [9.17, 15) is 4.79 Å². The Morgan fingerprint density at radius 2 is 2.12 bits per heavy atom. The van der Waals surface area contributed by atoms with Gasteiger partial charge in [-0.15, -0.1) is 0 Å². The molecule has 0 radical (unpaired) electrons. The number of carbonyl (C=O) groups is 1. The third-order valence-electron chi connectivity index (χ3n) is 3.69. The van der Waals surface area contributed by atoms with E-state index in [0.717, 1.165) is 26.1 Å². The quantitative estimate of drug-likeness (QED) is 0.745. The average Bonchev–Trinajstić information content (AvgIpc) is 3.00. The highest BCUT2D eigenvalue weighted by Crippen LogP contribution is 2.32. The third-order valence-corrected chi connectivity index (χ3v) is 3.69. The van der Waals surface area contributed by atoms with Gasteiger partial charge in [-0.25, -0.2) is 0 Å². The van der Waals surface area contributed by atoms with Crippen LogP contribution in [0, 0.1) is 5.92 Å². The molecule has 1 aliphatic heterocycles. The molecule has 4 nitrogen and oxygen atoms in total. The fraction of sp³-hybridized carbons (Fsp3) is 0.917. The van der Waals surface area contributed by atoms with E-state index < -0.39 is 0 Å². The second-order valence-electron chi connectivity index (χ2n) is 5.43. The van der Waals surface area contributed by atoms with Gasteiger partial charge in [-0.3, -0.25) is 4.79 Å². The SMILES string of the molecule is CC1(NC(=O)CC(N)C2CC2)CCOCC1. The van der Waals surface area contributed by atoms with E-state index in [4.69, 9.17) is 10.5 Å². The highest BCUT2D eigenvalue weighted by atomic mass is 16.5. The van der Waals surface area contributed by atoms with Gasteiger partial charge in [-0.05, 0) is 38.5 Å². The van der Waals surface area contributed by atoms with Crippen molar-refractivity contribution in [2.24, 2.45) is 11.7 Å². The summed E-state index contributed by atoms with van der Waals surface area (Å²) in [6.07, 6.45) is 4.66. The maximum absolute atomic E-state index is 11.8. The van der Waals surface area contributed by atoms with Crippen molar-refractivity contribution < 1.29 is 9.53 Å². The molecule has 1 heterocycles. The van der Waals surface area contributed by atoms with Gasteiger partial charge in [-0.1, -0.05) is 0 Å². The van der Waals surface area contributed by atoms with Crippen molar-refractivity contribution in [1.29, 1.82) is 0 Å². The first-order chi connectivity index (χ1) is 7.59. The van der Waals surface area contributed by atoms with Crippen LogP contribution in [0.3, 0.4) is 0 Å². The molecule has 1 atom stereocenters. The summed E-state index contributed by atoms with van der Waals surface area (Å²) in [7, 11) is 0. The molecule has 1 amide bonds. The highest BCUT2D eigenvalue weighted by molar-refractivity contribution is 5.77. The topological polar surface area (TPSA) is 64.4 Å². The monoisotopic (exact) mass is 226 g/mol. The summed E-state index contributed by atoms with van der Waals surface area (Å²) in [6, 6.07) is 0.0587. The number of hydrogen-bond acceptors (Lipinski definition) is 3.